The summed E-state index contributed by atoms with van der Waals surface area (Å²) in [4.78, 5) is 11.2. The fraction of sp³-hybridized carbons (Fsp3) is 0.500. The van der Waals surface area contributed by atoms with Crippen LogP contribution in [0.4, 0.5) is 10.3 Å². The molecule has 2 aromatic rings. The molecule has 1 atom stereocenters. The first-order chi connectivity index (χ1) is 12.1. The molecule has 1 aromatic carbocycles. The maximum atomic E-state index is 13.7. The third-order valence-corrected chi connectivity index (χ3v) is 4.78. The monoisotopic (exact) mass is 342 g/mol. The maximum Gasteiger partial charge on any atom is 0.222 e. The first-order valence-electron chi connectivity index (χ1n) is 9.16. The summed E-state index contributed by atoms with van der Waals surface area (Å²) in [6.45, 7) is 7.83. The summed E-state index contributed by atoms with van der Waals surface area (Å²) in [5.74, 6) is 1.20. The van der Waals surface area contributed by atoms with Crippen molar-refractivity contribution in [3.05, 3.63) is 53.1 Å². The Morgan fingerprint density at radius 1 is 1.24 bits per heavy atom. The third kappa shape index (κ3) is 4.98. The van der Waals surface area contributed by atoms with Gasteiger partial charge in [-0.25, -0.2) is 14.4 Å². The van der Waals surface area contributed by atoms with Gasteiger partial charge in [0.25, 0.3) is 0 Å². The number of likely N-dealkylation sites (tertiary alicyclic amines) is 1. The fourth-order valence-corrected chi connectivity index (χ4v) is 3.34. The molecule has 134 valence electrons. The van der Waals surface area contributed by atoms with Gasteiger partial charge in [-0.15, -0.1) is 0 Å². The first kappa shape index (κ1) is 17.8. The molecule has 1 saturated heterocycles. The Hall–Kier alpha value is -2.01. The lowest BCUT2D eigenvalue weighted by molar-refractivity contribution is 0.315. The minimum atomic E-state index is -0.0960. The Morgan fingerprint density at radius 2 is 2.04 bits per heavy atom. The van der Waals surface area contributed by atoms with Crippen LogP contribution in [0.5, 0.6) is 0 Å². The van der Waals surface area contributed by atoms with Crippen LogP contribution in [0.25, 0.3) is 0 Å². The molecule has 2 heterocycles. The first-order valence-corrected chi connectivity index (χ1v) is 9.16. The van der Waals surface area contributed by atoms with Crippen molar-refractivity contribution in [1.82, 2.24) is 14.9 Å². The minimum Gasteiger partial charge on any atom is -0.354 e. The van der Waals surface area contributed by atoms with Gasteiger partial charge in [0.1, 0.15) is 5.82 Å². The van der Waals surface area contributed by atoms with E-state index in [-0.39, 0.29) is 5.82 Å². The standard InChI is InChI=1S/C20H27FN4/c1-3-7-22-20-23-11-18(12-24-20)14-25-8-6-17(13-25)9-16-5-4-15(2)19(21)10-16/h4-5,10-12,17H,3,6-9,13-14H2,1-2H3,(H,22,23,24). The van der Waals surface area contributed by atoms with Gasteiger partial charge in [-0.3, -0.25) is 4.90 Å². The van der Waals surface area contributed by atoms with Gasteiger partial charge < -0.3 is 5.32 Å². The molecular weight excluding hydrogens is 315 g/mol. The summed E-state index contributed by atoms with van der Waals surface area (Å²) in [6, 6.07) is 5.62. The van der Waals surface area contributed by atoms with Gasteiger partial charge in [0, 0.05) is 37.6 Å². The molecule has 0 saturated carbocycles. The van der Waals surface area contributed by atoms with Crippen LogP contribution in [0.2, 0.25) is 0 Å². The third-order valence-electron chi connectivity index (χ3n) is 4.78. The average molecular weight is 342 g/mol. The normalized spacial score (nSPS) is 17.8. The highest BCUT2D eigenvalue weighted by Gasteiger charge is 2.23. The van der Waals surface area contributed by atoms with Crippen LogP contribution in [0.15, 0.2) is 30.6 Å². The number of hydrogen-bond acceptors (Lipinski definition) is 4. The predicted octanol–water partition coefficient (Wildman–Crippen LogP) is 3.81. The van der Waals surface area contributed by atoms with Crippen molar-refractivity contribution < 1.29 is 4.39 Å². The van der Waals surface area contributed by atoms with Gasteiger partial charge in [-0.2, -0.15) is 0 Å². The van der Waals surface area contributed by atoms with E-state index in [4.69, 9.17) is 0 Å². The molecule has 1 unspecified atom stereocenters. The quantitative estimate of drug-likeness (QED) is 0.831. The number of benzene rings is 1. The van der Waals surface area contributed by atoms with E-state index >= 15 is 0 Å². The van der Waals surface area contributed by atoms with Gasteiger partial charge in [0.2, 0.25) is 5.95 Å². The molecule has 25 heavy (non-hydrogen) atoms. The molecule has 1 aliphatic heterocycles. The lowest BCUT2D eigenvalue weighted by Crippen LogP contribution is -2.21. The number of aromatic nitrogens is 2. The molecule has 0 radical (unpaired) electrons. The highest BCUT2D eigenvalue weighted by Crippen LogP contribution is 2.23. The summed E-state index contributed by atoms with van der Waals surface area (Å²) < 4.78 is 13.7. The molecule has 0 bridgehead atoms. The van der Waals surface area contributed by atoms with Gasteiger partial charge in [0.05, 0.1) is 0 Å². The van der Waals surface area contributed by atoms with Crippen LogP contribution in [0.3, 0.4) is 0 Å². The smallest absolute Gasteiger partial charge is 0.222 e. The largest absolute Gasteiger partial charge is 0.354 e. The second-order valence-corrected chi connectivity index (χ2v) is 7.02. The molecule has 1 aromatic heterocycles. The number of nitrogens with zero attached hydrogens (tertiary/aromatic N) is 3. The van der Waals surface area contributed by atoms with Crippen molar-refractivity contribution in [2.24, 2.45) is 5.92 Å². The van der Waals surface area contributed by atoms with Crippen LogP contribution in [0, 0.1) is 18.7 Å². The van der Waals surface area contributed by atoms with Crippen molar-refractivity contribution >= 4 is 5.95 Å². The van der Waals surface area contributed by atoms with Crippen LogP contribution < -0.4 is 5.32 Å². The highest BCUT2D eigenvalue weighted by atomic mass is 19.1. The van der Waals surface area contributed by atoms with E-state index in [0.29, 0.717) is 17.4 Å². The summed E-state index contributed by atoms with van der Waals surface area (Å²) in [7, 11) is 0. The van der Waals surface area contributed by atoms with Crippen molar-refractivity contribution in [3.8, 4) is 0 Å². The second-order valence-electron chi connectivity index (χ2n) is 7.02. The van der Waals surface area contributed by atoms with E-state index in [2.05, 4.69) is 33.2 Å². The number of nitrogens with one attached hydrogen (secondary N) is 1. The Morgan fingerprint density at radius 3 is 2.76 bits per heavy atom. The number of anilines is 1. The molecule has 4 nitrogen and oxygen atoms in total. The summed E-state index contributed by atoms with van der Waals surface area (Å²) in [5.41, 5.74) is 2.96. The summed E-state index contributed by atoms with van der Waals surface area (Å²) in [6.07, 6.45) is 6.99. The SMILES string of the molecule is CCCNc1ncc(CN2CCC(Cc3ccc(C)c(F)c3)C2)cn1. The molecule has 1 fully saturated rings. The minimum absolute atomic E-state index is 0.0960. The maximum absolute atomic E-state index is 13.7. The van der Waals surface area contributed by atoms with Crippen molar-refractivity contribution in [1.29, 1.82) is 0 Å². The molecular formula is C20H27FN4. The topological polar surface area (TPSA) is 41.1 Å². The van der Waals surface area contributed by atoms with Crippen molar-refractivity contribution in [2.45, 2.75) is 39.7 Å². The number of halogens is 1. The Bertz CT molecular complexity index is 687. The lowest BCUT2D eigenvalue weighted by Gasteiger charge is -2.16. The number of aryl methyl sites for hydroxylation is 1. The van der Waals surface area contributed by atoms with E-state index in [1.54, 1.807) is 6.07 Å². The zero-order chi connectivity index (χ0) is 17.6. The van der Waals surface area contributed by atoms with Crippen molar-refractivity contribution in [2.75, 3.05) is 25.0 Å². The lowest BCUT2D eigenvalue weighted by atomic mass is 9.98. The summed E-state index contributed by atoms with van der Waals surface area (Å²) >= 11 is 0. The molecule has 0 spiro atoms. The van der Waals surface area contributed by atoms with E-state index in [1.807, 2.05) is 25.4 Å². The molecule has 0 aliphatic carbocycles. The van der Waals surface area contributed by atoms with Gasteiger partial charge in [-0.05, 0) is 55.8 Å². The Kier molecular flexibility index (Phi) is 5.97. The molecule has 1 N–H and O–H groups in total. The zero-order valence-corrected chi connectivity index (χ0v) is 15.1. The van der Waals surface area contributed by atoms with Gasteiger partial charge >= 0.3 is 0 Å². The van der Waals surface area contributed by atoms with Crippen LogP contribution >= 0.6 is 0 Å². The van der Waals surface area contributed by atoms with Crippen LogP contribution in [-0.2, 0) is 13.0 Å². The van der Waals surface area contributed by atoms with E-state index in [1.165, 1.54) is 0 Å². The summed E-state index contributed by atoms with van der Waals surface area (Å²) in [5, 5.41) is 3.19. The number of rotatable bonds is 7. The molecule has 5 heteroatoms. The second kappa shape index (κ2) is 8.39. The van der Waals surface area contributed by atoms with E-state index < -0.39 is 0 Å². The fourth-order valence-electron chi connectivity index (χ4n) is 3.34. The predicted molar refractivity (Wildman–Crippen MR) is 99.0 cm³/mol. The Labute approximate surface area is 149 Å². The number of hydrogen-bond donors (Lipinski definition) is 1. The average Bonchev–Trinajstić information content (AvgIpc) is 3.04. The van der Waals surface area contributed by atoms with E-state index in [9.17, 15) is 4.39 Å². The molecule has 0 amide bonds. The zero-order valence-electron chi connectivity index (χ0n) is 15.1. The van der Waals surface area contributed by atoms with Crippen molar-refractivity contribution in [3.63, 3.8) is 0 Å². The molecule has 3 rings (SSSR count). The van der Waals surface area contributed by atoms with E-state index in [0.717, 1.165) is 56.6 Å². The van der Waals surface area contributed by atoms with Crippen LogP contribution in [0.1, 0.15) is 36.5 Å². The molecule has 1 aliphatic rings. The Balaban J connectivity index is 1.50. The van der Waals surface area contributed by atoms with Crippen LogP contribution in [-0.4, -0.2) is 34.5 Å². The van der Waals surface area contributed by atoms with Gasteiger partial charge in [-0.1, -0.05) is 19.1 Å². The van der Waals surface area contributed by atoms with Gasteiger partial charge in [0.15, 0.2) is 0 Å². The highest BCUT2D eigenvalue weighted by molar-refractivity contribution is 5.25.